The van der Waals surface area contributed by atoms with Crippen LogP contribution in [0.2, 0.25) is 0 Å². The lowest BCUT2D eigenvalue weighted by Crippen LogP contribution is -2.34. The molecule has 2 atom stereocenters. The molecule has 7 rings (SSSR count). The number of carbonyl (C=O) groups is 1. The lowest BCUT2D eigenvalue weighted by atomic mass is 9.97. The van der Waals surface area contributed by atoms with Crippen molar-refractivity contribution in [2.24, 2.45) is 7.05 Å². The molecule has 0 saturated heterocycles. The number of nitrogens with one attached hydrogen (secondary N) is 2. The average Bonchev–Trinajstić information content (AvgIpc) is 3.81. The molecule has 5 aromatic heterocycles. The summed E-state index contributed by atoms with van der Waals surface area (Å²) in [6, 6.07) is 6.25. The molecule has 1 aliphatic rings. The molecule has 1 aromatic carbocycles. The monoisotopic (exact) mass is 608 g/mol. The summed E-state index contributed by atoms with van der Waals surface area (Å²) >= 11 is 0. The lowest BCUT2D eigenvalue weighted by molar-refractivity contribution is 0.166. The van der Waals surface area contributed by atoms with Gasteiger partial charge in [-0.1, -0.05) is 6.07 Å². The number of methoxy groups -OCH3 is 1. The van der Waals surface area contributed by atoms with Gasteiger partial charge in [-0.25, -0.2) is 19.6 Å². The molecule has 232 valence electrons. The van der Waals surface area contributed by atoms with E-state index in [9.17, 15) is 9.59 Å². The fourth-order valence-corrected chi connectivity index (χ4v) is 6.74. The van der Waals surface area contributed by atoms with Gasteiger partial charge in [0.05, 0.1) is 47.0 Å². The first-order valence-corrected chi connectivity index (χ1v) is 15.1. The third-order valence-corrected chi connectivity index (χ3v) is 8.75. The second-order valence-electron chi connectivity index (χ2n) is 12.3. The molecule has 1 amide bonds. The number of nitrogens with zero attached hydrogens (tertiary/aromatic N) is 8. The highest BCUT2D eigenvalue weighted by molar-refractivity contribution is 6.16. The Bertz CT molecular complexity index is 2150. The number of pyridine rings is 1. The number of rotatable bonds is 6. The van der Waals surface area contributed by atoms with E-state index < -0.39 is 6.09 Å². The molecule has 0 radical (unpaired) electrons. The van der Waals surface area contributed by atoms with Crippen LogP contribution in [0.25, 0.3) is 55.2 Å². The van der Waals surface area contributed by atoms with Gasteiger partial charge in [0.1, 0.15) is 5.82 Å². The molecular formula is C32H36N10O3. The number of H-pyrrole nitrogens is 1. The van der Waals surface area contributed by atoms with Crippen molar-refractivity contribution in [1.29, 1.82) is 0 Å². The van der Waals surface area contributed by atoms with Crippen LogP contribution in [0.5, 0.6) is 0 Å². The zero-order valence-corrected chi connectivity index (χ0v) is 26.2. The standard InChI is InChI=1S/C32H36N10O3/c1-17(2)42-24-10-7-18(11-19(24)13-35-42)25-26-28-23(15-33-29(26)37-27(25)20-14-34-40(5)16-20)30(39(3)4)38-31(43)41(28)22-9-8-21(12-22)36-32(44)45-6/h7,10-11,13-17,21-22H,8-9,12H2,1-6H3,(H,36,44)(H,38,43)/t21-,22-/m1/s1. The number of benzene rings is 1. The number of fused-ring (bicyclic) bond motifs is 4. The molecule has 0 unspecified atom stereocenters. The third kappa shape index (κ3) is 4.69. The van der Waals surface area contributed by atoms with Crippen LogP contribution in [0.15, 0.2) is 47.8 Å². The Hall–Kier alpha value is -5.20. The summed E-state index contributed by atoms with van der Waals surface area (Å²) in [5.74, 6) is 0.659. The van der Waals surface area contributed by atoms with Crippen LogP contribution in [0.1, 0.15) is 45.2 Å². The maximum absolute atomic E-state index is 14.0. The minimum atomic E-state index is -0.473. The number of hydrogen-bond acceptors (Lipinski definition) is 8. The van der Waals surface area contributed by atoms with E-state index in [4.69, 9.17) is 14.7 Å². The third-order valence-electron chi connectivity index (χ3n) is 8.75. The van der Waals surface area contributed by atoms with Crippen LogP contribution in [0, 0.1) is 0 Å². The van der Waals surface area contributed by atoms with E-state index in [0.717, 1.165) is 56.0 Å². The van der Waals surface area contributed by atoms with Gasteiger partial charge >= 0.3 is 11.8 Å². The largest absolute Gasteiger partial charge is 0.453 e. The summed E-state index contributed by atoms with van der Waals surface area (Å²) in [6.45, 7) is 4.22. The Balaban J connectivity index is 1.55. The summed E-state index contributed by atoms with van der Waals surface area (Å²) in [6.07, 6.45) is 8.96. The molecule has 1 fully saturated rings. The van der Waals surface area contributed by atoms with Gasteiger partial charge in [0.15, 0.2) is 5.65 Å². The predicted octanol–water partition coefficient (Wildman–Crippen LogP) is 4.79. The summed E-state index contributed by atoms with van der Waals surface area (Å²) < 4.78 is 10.5. The normalized spacial score (nSPS) is 16.8. The molecule has 1 saturated carbocycles. The van der Waals surface area contributed by atoms with Crippen molar-refractivity contribution in [2.45, 2.75) is 51.2 Å². The molecule has 0 spiro atoms. The van der Waals surface area contributed by atoms with Gasteiger partial charge in [0.25, 0.3) is 0 Å². The molecule has 1 aliphatic carbocycles. The van der Waals surface area contributed by atoms with Gasteiger partial charge in [0, 0.05) is 68.2 Å². The number of aromatic nitrogens is 8. The molecule has 13 nitrogen and oxygen atoms in total. The second kappa shape index (κ2) is 10.8. The number of amides is 1. The fraction of sp³-hybridized carbons (Fsp3) is 0.375. The smallest absolute Gasteiger partial charge is 0.407 e. The maximum Gasteiger partial charge on any atom is 0.407 e. The molecule has 45 heavy (non-hydrogen) atoms. The van der Waals surface area contributed by atoms with Crippen LogP contribution in [-0.2, 0) is 11.8 Å². The highest BCUT2D eigenvalue weighted by Crippen LogP contribution is 2.44. The van der Waals surface area contributed by atoms with Crippen LogP contribution in [0.4, 0.5) is 10.6 Å². The lowest BCUT2D eigenvalue weighted by Gasteiger charge is -2.22. The summed E-state index contributed by atoms with van der Waals surface area (Å²) in [5.41, 5.74) is 5.52. The molecule has 5 heterocycles. The highest BCUT2D eigenvalue weighted by Gasteiger charge is 2.32. The quantitative estimate of drug-likeness (QED) is 0.275. The zero-order valence-electron chi connectivity index (χ0n) is 26.2. The number of alkyl carbamates (subject to hydrolysis) is 1. The Kier molecular flexibility index (Phi) is 6.83. The number of aromatic amines is 1. The summed E-state index contributed by atoms with van der Waals surface area (Å²) in [7, 11) is 7.03. The Morgan fingerprint density at radius 3 is 2.67 bits per heavy atom. The first-order chi connectivity index (χ1) is 21.6. The fourth-order valence-electron chi connectivity index (χ4n) is 6.74. The van der Waals surface area contributed by atoms with Crippen molar-refractivity contribution in [3.8, 4) is 22.4 Å². The van der Waals surface area contributed by atoms with Crippen LogP contribution in [0.3, 0.4) is 0 Å². The average molecular weight is 609 g/mol. The molecule has 6 aromatic rings. The minimum Gasteiger partial charge on any atom is -0.453 e. The van der Waals surface area contributed by atoms with Crippen LogP contribution >= 0.6 is 0 Å². The highest BCUT2D eigenvalue weighted by atomic mass is 16.5. The van der Waals surface area contributed by atoms with Crippen molar-refractivity contribution in [3.63, 3.8) is 0 Å². The minimum absolute atomic E-state index is 0.113. The zero-order chi connectivity index (χ0) is 31.6. The Morgan fingerprint density at radius 1 is 1.13 bits per heavy atom. The summed E-state index contributed by atoms with van der Waals surface area (Å²) in [5, 5.41) is 14.6. The molecular weight excluding hydrogens is 572 g/mol. The van der Waals surface area contributed by atoms with Crippen molar-refractivity contribution in [1.82, 2.24) is 44.4 Å². The molecule has 13 heteroatoms. The van der Waals surface area contributed by atoms with Gasteiger partial charge in [-0.15, -0.1) is 0 Å². The number of hydrogen-bond donors (Lipinski definition) is 2. The SMILES string of the molecule is COC(=O)N[C@@H]1CC[C@@H](n2c(=O)[nH]c(N(C)C)c3cnc4nc(-c5cnn(C)c5)c(-c5ccc6c(cnn6C(C)C)c5)c4c32)C1. The van der Waals surface area contributed by atoms with E-state index in [-0.39, 0.29) is 23.8 Å². The van der Waals surface area contributed by atoms with Crippen molar-refractivity contribution in [3.05, 3.63) is 53.5 Å². The van der Waals surface area contributed by atoms with Gasteiger partial charge in [-0.2, -0.15) is 10.2 Å². The van der Waals surface area contributed by atoms with Gasteiger partial charge in [-0.05, 0) is 50.8 Å². The van der Waals surface area contributed by atoms with Crippen molar-refractivity contribution in [2.75, 3.05) is 26.1 Å². The topological polar surface area (TPSA) is 141 Å². The predicted molar refractivity (Wildman–Crippen MR) is 174 cm³/mol. The van der Waals surface area contributed by atoms with E-state index in [1.807, 2.05) is 47.7 Å². The number of ether oxygens (including phenoxy) is 1. The van der Waals surface area contributed by atoms with E-state index in [2.05, 4.69) is 52.5 Å². The first-order valence-electron chi connectivity index (χ1n) is 15.1. The molecule has 0 bridgehead atoms. The number of anilines is 1. The van der Waals surface area contributed by atoms with E-state index in [0.29, 0.717) is 24.3 Å². The van der Waals surface area contributed by atoms with E-state index in [1.54, 1.807) is 17.1 Å². The van der Waals surface area contributed by atoms with E-state index >= 15 is 0 Å². The summed E-state index contributed by atoms with van der Waals surface area (Å²) in [4.78, 5) is 41.0. The van der Waals surface area contributed by atoms with Crippen molar-refractivity contribution < 1.29 is 9.53 Å². The number of aryl methyl sites for hydroxylation is 1. The molecule has 2 N–H and O–H groups in total. The van der Waals surface area contributed by atoms with E-state index in [1.165, 1.54) is 7.11 Å². The second-order valence-corrected chi connectivity index (χ2v) is 12.3. The Morgan fingerprint density at radius 2 is 1.96 bits per heavy atom. The Labute approximate surface area is 258 Å². The van der Waals surface area contributed by atoms with Crippen LogP contribution < -0.4 is 15.9 Å². The van der Waals surface area contributed by atoms with Gasteiger partial charge in [0.2, 0.25) is 0 Å². The first kappa shape index (κ1) is 28.6. The van der Waals surface area contributed by atoms with Crippen molar-refractivity contribution >= 4 is 44.8 Å². The molecule has 0 aliphatic heterocycles. The number of carbonyl (C=O) groups excluding carboxylic acids is 1. The van der Waals surface area contributed by atoms with Gasteiger partial charge in [-0.3, -0.25) is 18.9 Å². The van der Waals surface area contributed by atoms with Gasteiger partial charge < -0.3 is 15.0 Å². The maximum atomic E-state index is 14.0. The van der Waals surface area contributed by atoms with Crippen LogP contribution in [-0.4, -0.2) is 72.4 Å².